The lowest BCUT2D eigenvalue weighted by Crippen LogP contribution is -2.53. The minimum atomic E-state index is -0.570. The van der Waals surface area contributed by atoms with Gasteiger partial charge in [-0.3, -0.25) is 9.59 Å². The van der Waals surface area contributed by atoms with Crippen molar-refractivity contribution in [1.29, 1.82) is 0 Å². The third-order valence-corrected chi connectivity index (χ3v) is 6.20. The van der Waals surface area contributed by atoms with Crippen molar-refractivity contribution >= 4 is 46.8 Å². The maximum atomic E-state index is 13.2. The molecule has 2 rings (SSSR count). The van der Waals surface area contributed by atoms with E-state index >= 15 is 0 Å². The predicted octanol–water partition coefficient (Wildman–Crippen LogP) is 5.95. The van der Waals surface area contributed by atoms with Crippen LogP contribution in [-0.2, 0) is 21.9 Å². The molecule has 0 aliphatic carbocycles. The van der Waals surface area contributed by atoms with Crippen LogP contribution in [0.5, 0.6) is 0 Å². The molecular weight excluding hydrogens is 451 g/mol. The molecule has 2 aromatic rings. The third kappa shape index (κ3) is 8.40. The van der Waals surface area contributed by atoms with Gasteiger partial charge in [0.15, 0.2) is 0 Å². The molecule has 0 saturated heterocycles. The van der Waals surface area contributed by atoms with Crippen LogP contribution < -0.4 is 5.32 Å². The van der Waals surface area contributed by atoms with Crippen molar-refractivity contribution in [2.45, 2.75) is 58.0 Å². The van der Waals surface area contributed by atoms with Gasteiger partial charge in [-0.2, -0.15) is 0 Å². The fourth-order valence-corrected chi connectivity index (χ4v) is 4.29. The van der Waals surface area contributed by atoms with E-state index in [9.17, 15) is 9.59 Å². The number of carbonyl (C=O) groups excluding carboxylic acids is 2. The SMILES string of the molecule is CC[C@@H](C(=O)NC(C)(C)C)N(Cc1ccccc1Cl)C(=O)CSCc1ccc(Cl)cc1. The summed E-state index contributed by atoms with van der Waals surface area (Å²) >= 11 is 13.8. The van der Waals surface area contributed by atoms with Gasteiger partial charge in [0.2, 0.25) is 11.8 Å². The van der Waals surface area contributed by atoms with Crippen LogP contribution in [0.2, 0.25) is 10.0 Å². The van der Waals surface area contributed by atoms with Gasteiger partial charge in [-0.1, -0.05) is 60.5 Å². The average molecular weight is 481 g/mol. The number of carbonyl (C=O) groups is 2. The third-order valence-electron chi connectivity index (χ3n) is 4.59. The molecule has 1 atom stereocenters. The first-order valence-electron chi connectivity index (χ1n) is 10.3. The summed E-state index contributed by atoms with van der Waals surface area (Å²) < 4.78 is 0. The number of rotatable bonds is 9. The van der Waals surface area contributed by atoms with Crippen LogP contribution in [0.4, 0.5) is 0 Å². The number of thioether (sulfide) groups is 1. The highest BCUT2D eigenvalue weighted by Gasteiger charge is 2.30. The molecule has 31 heavy (non-hydrogen) atoms. The molecule has 0 aliphatic heterocycles. The summed E-state index contributed by atoms with van der Waals surface area (Å²) in [6, 6.07) is 14.4. The molecule has 0 fully saturated rings. The Hall–Kier alpha value is -1.69. The lowest BCUT2D eigenvalue weighted by molar-refractivity contribution is -0.140. The van der Waals surface area contributed by atoms with Crippen molar-refractivity contribution < 1.29 is 9.59 Å². The zero-order valence-corrected chi connectivity index (χ0v) is 20.8. The van der Waals surface area contributed by atoms with Crippen molar-refractivity contribution in [3.05, 3.63) is 69.7 Å². The Kier molecular flexibility index (Phi) is 9.73. The van der Waals surface area contributed by atoms with Crippen LogP contribution in [0.3, 0.4) is 0 Å². The number of hydrogen-bond acceptors (Lipinski definition) is 3. The van der Waals surface area contributed by atoms with Crippen LogP contribution in [0.1, 0.15) is 45.2 Å². The summed E-state index contributed by atoms with van der Waals surface area (Å²) in [6.07, 6.45) is 0.514. The van der Waals surface area contributed by atoms with Crippen molar-refractivity contribution in [3.8, 4) is 0 Å². The number of nitrogens with one attached hydrogen (secondary N) is 1. The highest BCUT2D eigenvalue weighted by Crippen LogP contribution is 2.22. The van der Waals surface area contributed by atoms with Crippen LogP contribution in [0.25, 0.3) is 0 Å². The van der Waals surface area contributed by atoms with Gasteiger partial charge in [-0.05, 0) is 56.5 Å². The zero-order chi connectivity index (χ0) is 23.0. The monoisotopic (exact) mass is 480 g/mol. The molecule has 0 aromatic heterocycles. The molecule has 2 aromatic carbocycles. The number of amides is 2. The average Bonchev–Trinajstić information content (AvgIpc) is 2.69. The number of nitrogens with zero attached hydrogens (tertiary/aromatic N) is 1. The summed E-state index contributed by atoms with van der Waals surface area (Å²) in [4.78, 5) is 27.9. The van der Waals surface area contributed by atoms with Gasteiger partial charge in [0, 0.05) is 27.9 Å². The second kappa shape index (κ2) is 11.8. The molecule has 168 valence electrons. The summed E-state index contributed by atoms with van der Waals surface area (Å²) in [5.41, 5.74) is 1.53. The quantitative estimate of drug-likeness (QED) is 0.482. The molecule has 0 radical (unpaired) electrons. The Morgan fingerprint density at radius 2 is 1.71 bits per heavy atom. The van der Waals surface area contributed by atoms with E-state index in [1.165, 1.54) is 11.8 Å². The zero-order valence-electron chi connectivity index (χ0n) is 18.5. The molecule has 0 saturated carbocycles. The molecule has 1 N–H and O–H groups in total. The number of benzene rings is 2. The van der Waals surface area contributed by atoms with Crippen LogP contribution in [0.15, 0.2) is 48.5 Å². The summed E-state index contributed by atoms with van der Waals surface area (Å²) in [7, 11) is 0. The molecule has 7 heteroatoms. The van der Waals surface area contributed by atoms with Crippen LogP contribution in [-0.4, -0.2) is 34.0 Å². The second-order valence-corrected chi connectivity index (χ2v) is 10.2. The summed E-state index contributed by atoms with van der Waals surface area (Å²) in [5, 5.41) is 4.28. The minimum absolute atomic E-state index is 0.0882. The van der Waals surface area contributed by atoms with Gasteiger partial charge in [0.05, 0.1) is 5.75 Å². The highest BCUT2D eigenvalue weighted by atomic mass is 35.5. The second-order valence-electron chi connectivity index (χ2n) is 8.40. The Labute approximate surface area is 199 Å². The number of hydrogen-bond donors (Lipinski definition) is 1. The Bertz CT molecular complexity index is 882. The van der Waals surface area contributed by atoms with E-state index in [2.05, 4.69) is 5.32 Å². The maximum absolute atomic E-state index is 13.2. The summed E-state index contributed by atoms with van der Waals surface area (Å²) in [6.45, 7) is 8.00. The van der Waals surface area contributed by atoms with Crippen molar-refractivity contribution in [2.75, 3.05) is 5.75 Å². The lowest BCUT2D eigenvalue weighted by atomic mass is 10.1. The normalized spacial score (nSPS) is 12.3. The topological polar surface area (TPSA) is 49.4 Å². The smallest absolute Gasteiger partial charge is 0.243 e. The van der Waals surface area contributed by atoms with Gasteiger partial charge >= 0.3 is 0 Å². The van der Waals surface area contributed by atoms with Crippen molar-refractivity contribution in [1.82, 2.24) is 10.2 Å². The molecule has 0 unspecified atom stereocenters. The standard InChI is InChI=1S/C24H30Cl2N2O2S/c1-5-21(23(30)27-24(2,3)4)28(14-18-8-6-7-9-20(18)26)22(29)16-31-15-17-10-12-19(25)13-11-17/h6-13,21H,5,14-16H2,1-4H3,(H,27,30)/t21-/m0/s1. The number of halogens is 2. The van der Waals surface area contributed by atoms with Crippen LogP contribution in [0, 0.1) is 0 Å². The Morgan fingerprint density at radius 3 is 2.29 bits per heavy atom. The highest BCUT2D eigenvalue weighted by molar-refractivity contribution is 7.99. The van der Waals surface area contributed by atoms with Gasteiger partial charge in [0.25, 0.3) is 0 Å². The van der Waals surface area contributed by atoms with E-state index in [-0.39, 0.29) is 29.7 Å². The molecule has 0 aliphatic rings. The Balaban J connectivity index is 2.16. The lowest BCUT2D eigenvalue weighted by Gasteiger charge is -2.33. The fraction of sp³-hybridized carbons (Fsp3) is 0.417. The van der Waals surface area contributed by atoms with Gasteiger partial charge in [-0.15, -0.1) is 11.8 Å². The van der Waals surface area contributed by atoms with E-state index in [0.29, 0.717) is 22.2 Å². The molecule has 0 heterocycles. The van der Waals surface area contributed by atoms with Crippen molar-refractivity contribution in [2.24, 2.45) is 0 Å². The first-order valence-corrected chi connectivity index (χ1v) is 12.2. The first-order chi connectivity index (χ1) is 14.6. The predicted molar refractivity (Wildman–Crippen MR) is 132 cm³/mol. The maximum Gasteiger partial charge on any atom is 0.243 e. The first kappa shape index (κ1) is 25.6. The molecule has 4 nitrogen and oxygen atoms in total. The molecular formula is C24H30Cl2N2O2S. The largest absolute Gasteiger partial charge is 0.350 e. The molecule has 0 spiro atoms. The molecule has 2 amide bonds. The minimum Gasteiger partial charge on any atom is -0.350 e. The van der Waals surface area contributed by atoms with E-state index in [4.69, 9.17) is 23.2 Å². The van der Waals surface area contributed by atoms with E-state index in [1.807, 2.05) is 70.2 Å². The van der Waals surface area contributed by atoms with Gasteiger partial charge in [-0.25, -0.2) is 0 Å². The van der Waals surface area contributed by atoms with Gasteiger partial charge < -0.3 is 10.2 Å². The van der Waals surface area contributed by atoms with E-state index in [0.717, 1.165) is 11.1 Å². The van der Waals surface area contributed by atoms with Crippen molar-refractivity contribution in [3.63, 3.8) is 0 Å². The van der Waals surface area contributed by atoms with E-state index < -0.39 is 6.04 Å². The Morgan fingerprint density at radius 1 is 1.06 bits per heavy atom. The fourth-order valence-electron chi connectivity index (χ4n) is 3.10. The molecule has 0 bridgehead atoms. The van der Waals surface area contributed by atoms with Crippen LogP contribution >= 0.6 is 35.0 Å². The van der Waals surface area contributed by atoms with E-state index in [1.54, 1.807) is 11.0 Å². The van der Waals surface area contributed by atoms with Gasteiger partial charge in [0.1, 0.15) is 6.04 Å². The summed E-state index contributed by atoms with van der Waals surface area (Å²) in [5.74, 6) is 0.716.